The third-order valence-electron chi connectivity index (χ3n) is 7.02. The number of rotatable bonds is 8. The fourth-order valence-electron chi connectivity index (χ4n) is 5.29. The summed E-state index contributed by atoms with van der Waals surface area (Å²) in [5.74, 6) is 1.02. The van der Waals surface area contributed by atoms with Crippen molar-refractivity contribution in [3.05, 3.63) is 107 Å². The van der Waals surface area contributed by atoms with Gasteiger partial charge in [-0.15, -0.1) is 0 Å². The molecule has 0 fully saturated rings. The Labute approximate surface area is 211 Å². The Morgan fingerprint density at radius 2 is 1.03 bits per heavy atom. The molecule has 3 rings (SSSR count). The third kappa shape index (κ3) is 7.29. The molecule has 34 heavy (non-hydrogen) atoms. The summed E-state index contributed by atoms with van der Waals surface area (Å²) in [5, 5.41) is 0.678. The molecule has 3 aromatic rings. The van der Waals surface area contributed by atoms with Gasteiger partial charge in [0.05, 0.1) is 0 Å². The van der Waals surface area contributed by atoms with E-state index in [1.165, 1.54) is 34.0 Å². The van der Waals surface area contributed by atoms with Gasteiger partial charge in [-0.1, -0.05) is 142 Å². The zero-order valence-corrected chi connectivity index (χ0v) is 23.6. The first kappa shape index (κ1) is 26.7. The molecule has 1 heteroatoms. The Bertz CT molecular complexity index is 1010. The van der Waals surface area contributed by atoms with Crippen LogP contribution in [0.3, 0.4) is 0 Å². The van der Waals surface area contributed by atoms with Gasteiger partial charge < -0.3 is 0 Å². The Morgan fingerprint density at radius 3 is 1.47 bits per heavy atom. The van der Waals surface area contributed by atoms with E-state index in [9.17, 15) is 0 Å². The molecule has 2 atom stereocenters. The highest BCUT2D eigenvalue weighted by molar-refractivity contribution is 7.60. The monoisotopic (exact) mass is 472 g/mol. The third-order valence-corrected chi connectivity index (χ3v) is 10.9. The minimum atomic E-state index is -0.158. The van der Waals surface area contributed by atoms with Crippen LogP contribution >= 0.6 is 7.92 Å². The summed E-state index contributed by atoms with van der Waals surface area (Å²) in [4.78, 5) is 0. The molecule has 0 aliphatic rings. The van der Waals surface area contributed by atoms with E-state index in [0.717, 1.165) is 12.8 Å². The highest BCUT2D eigenvalue weighted by Crippen LogP contribution is 2.61. The first-order valence-corrected chi connectivity index (χ1v) is 14.5. The normalized spacial score (nSPS) is 14.3. The molecule has 0 bridgehead atoms. The maximum absolute atomic E-state index is 2.55. The van der Waals surface area contributed by atoms with E-state index in [4.69, 9.17) is 0 Å². The van der Waals surface area contributed by atoms with Crippen LogP contribution in [0, 0.1) is 0 Å². The molecule has 0 heterocycles. The standard InChI is InChI=1S/C33H45P/c1-25(28-15-11-9-12-16-28)21-30-20-19-27(24-34(32(3,4)5)33(6,7)8)23-31(30)22-26(2)29-17-13-10-14-18-29/h9-20,23,25-26H,21-22,24H2,1-8H3. The number of benzene rings is 3. The van der Waals surface area contributed by atoms with E-state index in [2.05, 4.69) is 134 Å². The summed E-state index contributed by atoms with van der Waals surface area (Å²) in [6.45, 7) is 19.3. The summed E-state index contributed by atoms with van der Waals surface area (Å²) in [6, 6.07) is 29.4. The summed E-state index contributed by atoms with van der Waals surface area (Å²) < 4.78 is 0. The van der Waals surface area contributed by atoms with Crippen LogP contribution in [0.2, 0.25) is 0 Å². The second-order valence-corrected chi connectivity index (χ2v) is 15.9. The molecular weight excluding hydrogens is 427 g/mol. The molecule has 2 unspecified atom stereocenters. The van der Waals surface area contributed by atoms with E-state index in [1.807, 2.05) is 0 Å². The maximum Gasteiger partial charge on any atom is -0.00636 e. The fraction of sp³-hybridized carbons (Fsp3) is 0.455. The summed E-state index contributed by atoms with van der Waals surface area (Å²) in [6.07, 6.45) is 3.38. The zero-order valence-electron chi connectivity index (χ0n) is 22.7. The van der Waals surface area contributed by atoms with E-state index >= 15 is 0 Å². The lowest BCUT2D eigenvalue weighted by Gasteiger charge is -2.42. The molecule has 0 amide bonds. The molecule has 3 aromatic carbocycles. The quantitative estimate of drug-likeness (QED) is 0.286. The molecular formula is C33H45P. The molecule has 182 valence electrons. The van der Waals surface area contributed by atoms with Crippen molar-refractivity contribution in [3.8, 4) is 0 Å². The van der Waals surface area contributed by atoms with Crippen molar-refractivity contribution < 1.29 is 0 Å². The highest BCUT2D eigenvalue weighted by Gasteiger charge is 2.34. The van der Waals surface area contributed by atoms with Crippen LogP contribution in [0.25, 0.3) is 0 Å². The van der Waals surface area contributed by atoms with Gasteiger partial charge in [0.1, 0.15) is 0 Å². The van der Waals surface area contributed by atoms with Crippen LogP contribution < -0.4 is 0 Å². The molecule has 0 spiro atoms. The number of hydrogen-bond donors (Lipinski definition) is 0. The summed E-state index contributed by atoms with van der Waals surface area (Å²) in [5.41, 5.74) is 7.43. The molecule has 0 radical (unpaired) electrons. The van der Waals surface area contributed by atoms with Gasteiger partial charge in [0.25, 0.3) is 0 Å². The lowest BCUT2D eigenvalue weighted by atomic mass is 9.86. The maximum atomic E-state index is 2.55. The van der Waals surface area contributed by atoms with Crippen molar-refractivity contribution in [2.75, 3.05) is 0 Å². The topological polar surface area (TPSA) is 0 Å². The van der Waals surface area contributed by atoms with Crippen molar-refractivity contribution in [2.45, 2.75) is 96.5 Å². The smallest absolute Gasteiger partial charge is 0.00636 e. The SMILES string of the molecule is CC(Cc1ccc(CP(C(C)(C)C)C(C)(C)C)cc1CC(C)c1ccccc1)c1ccccc1. The van der Waals surface area contributed by atoms with Crippen LogP contribution in [-0.2, 0) is 19.0 Å². The molecule has 0 aromatic heterocycles. The summed E-state index contributed by atoms with van der Waals surface area (Å²) >= 11 is 0. The van der Waals surface area contributed by atoms with Crippen LogP contribution in [-0.4, -0.2) is 10.3 Å². The average Bonchev–Trinajstić information content (AvgIpc) is 2.78. The van der Waals surface area contributed by atoms with E-state index in [-0.39, 0.29) is 7.92 Å². The molecule has 0 saturated carbocycles. The van der Waals surface area contributed by atoms with Crippen LogP contribution in [0.15, 0.2) is 78.9 Å². The Balaban J connectivity index is 1.93. The Kier molecular flexibility index (Phi) is 8.81. The molecule has 0 saturated heterocycles. The lowest BCUT2D eigenvalue weighted by molar-refractivity contribution is 0.701. The van der Waals surface area contributed by atoms with Crippen LogP contribution in [0.5, 0.6) is 0 Å². The first-order valence-electron chi connectivity index (χ1n) is 12.9. The largest absolute Gasteiger partial charge is 0.0911 e. The predicted molar refractivity (Wildman–Crippen MR) is 154 cm³/mol. The van der Waals surface area contributed by atoms with Crippen molar-refractivity contribution in [2.24, 2.45) is 0 Å². The Hall–Kier alpha value is -1.91. The van der Waals surface area contributed by atoms with Crippen molar-refractivity contribution in [1.29, 1.82) is 0 Å². The second kappa shape index (κ2) is 11.2. The fourth-order valence-corrected chi connectivity index (χ4v) is 8.81. The van der Waals surface area contributed by atoms with E-state index in [0.29, 0.717) is 22.1 Å². The van der Waals surface area contributed by atoms with Gasteiger partial charge in [-0.2, -0.15) is 0 Å². The Morgan fingerprint density at radius 1 is 0.588 bits per heavy atom. The minimum Gasteiger partial charge on any atom is -0.0911 e. The van der Waals surface area contributed by atoms with E-state index in [1.54, 1.807) is 0 Å². The van der Waals surface area contributed by atoms with Gasteiger partial charge in [-0.3, -0.25) is 0 Å². The van der Waals surface area contributed by atoms with Gasteiger partial charge >= 0.3 is 0 Å². The lowest BCUT2D eigenvalue weighted by Crippen LogP contribution is -2.25. The zero-order chi connectivity index (χ0) is 24.9. The predicted octanol–water partition coefficient (Wildman–Crippen LogP) is 9.96. The highest BCUT2D eigenvalue weighted by atomic mass is 31.1. The first-order chi connectivity index (χ1) is 15.9. The second-order valence-electron chi connectivity index (χ2n) is 12.1. The summed E-state index contributed by atoms with van der Waals surface area (Å²) in [7, 11) is -0.158. The van der Waals surface area contributed by atoms with Crippen LogP contribution in [0.1, 0.15) is 95.0 Å². The van der Waals surface area contributed by atoms with Crippen LogP contribution in [0.4, 0.5) is 0 Å². The molecule has 0 N–H and O–H groups in total. The van der Waals surface area contributed by atoms with Crippen molar-refractivity contribution in [3.63, 3.8) is 0 Å². The number of hydrogen-bond acceptors (Lipinski definition) is 0. The molecule has 0 aliphatic carbocycles. The molecule has 0 aliphatic heterocycles. The van der Waals surface area contributed by atoms with Gasteiger partial charge in [0.15, 0.2) is 0 Å². The van der Waals surface area contributed by atoms with Gasteiger partial charge in [-0.25, -0.2) is 0 Å². The van der Waals surface area contributed by atoms with Gasteiger partial charge in [0, 0.05) is 0 Å². The average molecular weight is 473 g/mol. The van der Waals surface area contributed by atoms with E-state index < -0.39 is 0 Å². The van der Waals surface area contributed by atoms with Gasteiger partial charge in [-0.05, 0) is 69.0 Å². The van der Waals surface area contributed by atoms with Crippen molar-refractivity contribution in [1.82, 2.24) is 0 Å². The van der Waals surface area contributed by atoms with Crippen molar-refractivity contribution >= 4 is 7.92 Å². The van der Waals surface area contributed by atoms with Gasteiger partial charge in [0.2, 0.25) is 0 Å². The minimum absolute atomic E-state index is 0.158. The molecule has 0 nitrogen and oxygen atoms in total.